The molecule has 1 aromatic carbocycles. The van der Waals surface area contributed by atoms with Gasteiger partial charge in [0, 0.05) is 6.07 Å². The monoisotopic (exact) mass is 324 g/mol. The van der Waals surface area contributed by atoms with Gasteiger partial charge in [0.05, 0.1) is 11.9 Å². The molecule has 0 saturated heterocycles. The van der Waals surface area contributed by atoms with Gasteiger partial charge in [-0.05, 0) is 53.6 Å². The van der Waals surface area contributed by atoms with Gasteiger partial charge in [0.2, 0.25) is 11.8 Å². The summed E-state index contributed by atoms with van der Waals surface area (Å²) in [5.74, 6) is 0.935. The van der Waals surface area contributed by atoms with Crippen LogP contribution < -0.4 is 10.1 Å². The maximum absolute atomic E-state index is 11.8. The second-order valence-electron chi connectivity index (χ2n) is 5.29. The average molecular weight is 324 g/mol. The number of tetrazole rings is 1. The number of amides is 1. The van der Waals surface area contributed by atoms with Crippen molar-refractivity contribution in [3.8, 4) is 11.6 Å². The normalized spacial score (nSPS) is 10.4. The molecule has 122 valence electrons. The fourth-order valence-corrected chi connectivity index (χ4v) is 2.01. The molecule has 0 unspecified atom stereocenters. The fraction of sp³-hybridized carbons (Fsp3) is 0.188. The van der Waals surface area contributed by atoms with Gasteiger partial charge >= 0.3 is 0 Å². The molecule has 0 aliphatic heterocycles. The number of carbonyl (C=O) groups is 1. The molecule has 0 atom stereocenters. The van der Waals surface area contributed by atoms with Crippen molar-refractivity contribution in [3.63, 3.8) is 0 Å². The third-order valence-corrected chi connectivity index (χ3v) is 3.42. The third kappa shape index (κ3) is 3.92. The van der Waals surface area contributed by atoms with Crippen LogP contribution in [-0.4, -0.2) is 31.1 Å². The van der Waals surface area contributed by atoms with E-state index < -0.39 is 0 Å². The average Bonchev–Trinajstić information content (AvgIpc) is 3.06. The van der Waals surface area contributed by atoms with Crippen LogP contribution in [0.3, 0.4) is 0 Å². The smallest absolute Gasteiger partial charge is 0.246 e. The zero-order valence-electron chi connectivity index (χ0n) is 13.3. The highest BCUT2D eigenvalue weighted by molar-refractivity contribution is 5.90. The maximum atomic E-state index is 11.8. The summed E-state index contributed by atoms with van der Waals surface area (Å²) in [7, 11) is 0. The van der Waals surface area contributed by atoms with E-state index in [9.17, 15) is 4.79 Å². The molecule has 3 aromatic rings. The second kappa shape index (κ2) is 6.86. The van der Waals surface area contributed by atoms with E-state index in [0.717, 1.165) is 11.3 Å². The van der Waals surface area contributed by atoms with Crippen LogP contribution in [0, 0.1) is 13.8 Å². The third-order valence-electron chi connectivity index (χ3n) is 3.42. The molecule has 1 N–H and O–H groups in total. The molecular formula is C16H16N6O2. The van der Waals surface area contributed by atoms with Crippen LogP contribution in [0.5, 0.6) is 11.6 Å². The highest BCUT2D eigenvalue weighted by Crippen LogP contribution is 2.22. The Balaban J connectivity index is 1.60. The first-order chi connectivity index (χ1) is 11.6. The quantitative estimate of drug-likeness (QED) is 0.772. The van der Waals surface area contributed by atoms with Crippen LogP contribution in [0.1, 0.15) is 11.1 Å². The minimum absolute atomic E-state index is 0.0356. The molecule has 0 bridgehead atoms. The van der Waals surface area contributed by atoms with Gasteiger partial charge in [0.25, 0.3) is 0 Å². The van der Waals surface area contributed by atoms with Gasteiger partial charge in [-0.2, -0.15) is 0 Å². The van der Waals surface area contributed by atoms with E-state index in [1.807, 2.05) is 32.0 Å². The lowest BCUT2D eigenvalue weighted by Gasteiger charge is -2.08. The number of anilines is 1. The molecule has 8 nitrogen and oxygen atoms in total. The van der Waals surface area contributed by atoms with Crippen molar-refractivity contribution in [1.82, 2.24) is 25.2 Å². The molecule has 0 fully saturated rings. The van der Waals surface area contributed by atoms with Gasteiger partial charge < -0.3 is 10.1 Å². The number of rotatable bonds is 5. The van der Waals surface area contributed by atoms with E-state index in [1.54, 1.807) is 12.1 Å². The van der Waals surface area contributed by atoms with Gasteiger partial charge in [-0.15, -0.1) is 5.10 Å². The zero-order chi connectivity index (χ0) is 16.9. The van der Waals surface area contributed by atoms with Gasteiger partial charge in [0.15, 0.2) is 0 Å². The minimum Gasteiger partial charge on any atom is -0.439 e. The number of ether oxygens (including phenoxy) is 1. The molecule has 8 heteroatoms. The number of hydrogen-bond donors (Lipinski definition) is 1. The molecule has 2 heterocycles. The SMILES string of the molecule is Cc1ccc(Oc2ccc(NC(=O)Cn3cnnn3)cn2)cc1C. The summed E-state index contributed by atoms with van der Waals surface area (Å²) in [6, 6.07) is 9.27. The fourth-order valence-electron chi connectivity index (χ4n) is 2.01. The van der Waals surface area contributed by atoms with Crippen molar-refractivity contribution in [2.75, 3.05) is 5.32 Å². The van der Waals surface area contributed by atoms with Crippen LogP contribution >= 0.6 is 0 Å². The molecule has 0 spiro atoms. The minimum atomic E-state index is -0.244. The number of pyridine rings is 1. The molecule has 0 aliphatic carbocycles. The van der Waals surface area contributed by atoms with Crippen molar-refractivity contribution in [1.29, 1.82) is 0 Å². The predicted octanol–water partition coefficient (Wildman–Crippen LogP) is 2.12. The van der Waals surface area contributed by atoms with E-state index in [2.05, 4.69) is 25.8 Å². The molecule has 0 aliphatic rings. The van der Waals surface area contributed by atoms with Crippen LogP contribution in [0.15, 0.2) is 42.9 Å². The maximum Gasteiger partial charge on any atom is 0.246 e. The lowest BCUT2D eigenvalue weighted by molar-refractivity contribution is -0.116. The first kappa shape index (κ1) is 15.6. The number of benzene rings is 1. The van der Waals surface area contributed by atoms with Crippen molar-refractivity contribution >= 4 is 11.6 Å². The molecular weight excluding hydrogens is 308 g/mol. The van der Waals surface area contributed by atoms with E-state index in [1.165, 1.54) is 22.8 Å². The Morgan fingerprint density at radius 3 is 2.75 bits per heavy atom. The highest BCUT2D eigenvalue weighted by atomic mass is 16.5. The number of nitrogens with one attached hydrogen (secondary N) is 1. The number of hydrogen-bond acceptors (Lipinski definition) is 6. The Kier molecular flexibility index (Phi) is 4.46. The summed E-state index contributed by atoms with van der Waals surface area (Å²) in [6.45, 7) is 4.11. The number of aromatic nitrogens is 5. The summed E-state index contributed by atoms with van der Waals surface area (Å²) in [6.07, 6.45) is 2.91. The highest BCUT2D eigenvalue weighted by Gasteiger charge is 2.06. The van der Waals surface area contributed by atoms with E-state index in [-0.39, 0.29) is 12.5 Å². The van der Waals surface area contributed by atoms with Gasteiger partial charge in [-0.25, -0.2) is 9.67 Å². The van der Waals surface area contributed by atoms with E-state index in [4.69, 9.17) is 4.74 Å². The van der Waals surface area contributed by atoms with Crippen LogP contribution in [0.2, 0.25) is 0 Å². The van der Waals surface area contributed by atoms with E-state index >= 15 is 0 Å². The zero-order valence-corrected chi connectivity index (χ0v) is 13.3. The standard InChI is InChI=1S/C16H16N6O2/c1-11-3-5-14(7-12(11)2)24-16-6-4-13(8-17-16)19-15(23)9-22-10-18-20-21-22/h3-8,10H,9H2,1-2H3,(H,19,23). The second-order valence-corrected chi connectivity index (χ2v) is 5.29. The first-order valence-electron chi connectivity index (χ1n) is 7.32. The Hall–Kier alpha value is -3.29. The predicted molar refractivity (Wildman–Crippen MR) is 86.7 cm³/mol. The lowest BCUT2D eigenvalue weighted by Crippen LogP contribution is -2.19. The Bertz CT molecular complexity index is 830. The van der Waals surface area contributed by atoms with Crippen molar-refractivity contribution in [2.24, 2.45) is 0 Å². The van der Waals surface area contributed by atoms with Gasteiger partial charge in [0.1, 0.15) is 18.6 Å². The molecule has 1 amide bonds. The molecule has 0 radical (unpaired) electrons. The lowest BCUT2D eigenvalue weighted by atomic mass is 10.1. The topological polar surface area (TPSA) is 94.8 Å². The van der Waals surface area contributed by atoms with Crippen LogP contribution in [0.4, 0.5) is 5.69 Å². The molecule has 3 rings (SSSR count). The largest absolute Gasteiger partial charge is 0.439 e. The number of carbonyl (C=O) groups excluding carboxylic acids is 1. The van der Waals surface area contributed by atoms with Crippen molar-refractivity contribution in [2.45, 2.75) is 20.4 Å². The molecule has 0 saturated carbocycles. The Labute approximate surface area is 138 Å². The number of nitrogens with zero attached hydrogens (tertiary/aromatic N) is 5. The number of aryl methyl sites for hydroxylation is 2. The first-order valence-corrected chi connectivity index (χ1v) is 7.32. The Morgan fingerprint density at radius 1 is 1.21 bits per heavy atom. The van der Waals surface area contributed by atoms with Crippen LogP contribution in [-0.2, 0) is 11.3 Å². The summed E-state index contributed by atoms with van der Waals surface area (Å²) < 4.78 is 7.04. The van der Waals surface area contributed by atoms with E-state index in [0.29, 0.717) is 11.6 Å². The Morgan fingerprint density at radius 2 is 2.08 bits per heavy atom. The van der Waals surface area contributed by atoms with Gasteiger partial charge in [-0.1, -0.05) is 6.07 Å². The van der Waals surface area contributed by atoms with Crippen LogP contribution in [0.25, 0.3) is 0 Å². The van der Waals surface area contributed by atoms with Crippen molar-refractivity contribution in [3.05, 3.63) is 54.0 Å². The molecule has 2 aromatic heterocycles. The summed E-state index contributed by atoms with van der Waals surface area (Å²) in [5, 5.41) is 13.3. The summed E-state index contributed by atoms with van der Waals surface area (Å²) >= 11 is 0. The summed E-state index contributed by atoms with van der Waals surface area (Å²) in [4.78, 5) is 16.0. The summed E-state index contributed by atoms with van der Waals surface area (Å²) in [5.41, 5.74) is 2.93. The van der Waals surface area contributed by atoms with Crippen molar-refractivity contribution < 1.29 is 9.53 Å². The molecule has 24 heavy (non-hydrogen) atoms. The van der Waals surface area contributed by atoms with Gasteiger partial charge in [-0.3, -0.25) is 4.79 Å².